The maximum atomic E-state index is 12.0. The van der Waals surface area contributed by atoms with Gasteiger partial charge in [0.25, 0.3) is 0 Å². The third kappa shape index (κ3) is 2.45. The van der Waals surface area contributed by atoms with Crippen LogP contribution >= 0.6 is 0 Å². The molecular weight excluding hydrogens is 268 g/mol. The fourth-order valence-electron chi connectivity index (χ4n) is 2.71. The third-order valence-electron chi connectivity index (χ3n) is 3.81. The van der Waals surface area contributed by atoms with Crippen LogP contribution in [0.2, 0.25) is 0 Å². The average Bonchev–Trinajstić information content (AvgIpc) is 2.97. The molecule has 0 radical (unpaired) electrons. The van der Waals surface area contributed by atoms with Crippen molar-refractivity contribution in [2.45, 2.75) is 25.5 Å². The summed E-state index contributed by atoms with van der Waals surface area (Å²) in [7, 11) is 1.38. The molecule has 1 aliphatic heterocycles. The van der Waals surface area contributed by atoms with Crippen LogP contribution in [-0.2, 0) is 9.47 Å². The Morgan fingerprint density at radius 1 is 1.52 bits per heavy atom. The first-order chi connectivity index (χ1) is 10.2. The second-order valence-electron chi connectivity index (χ2n) is 5.11. The van der Waals surface area contributed by atoms with Crippen LogP contribution in [0.25, 0.3) is 17.0 Å². The number of nitrogens with zero attached hydrogens (tertiary/aromatic N) is 2. The summed E-state index contributed by atoms with van der Waals surface area (Å²) < 4.78 is 12.5. The molecule has 0 aliphatic carbocycles. The van der Waals surface area contributed by atoms with Gasteiger partial charge in [-0.05, 0) is 37.0 Å². The van der Waals surface area contributed by atoms with Crippen LogP contribution in [0.4, 0.5) is 0 Å². The minimum absolute atomic E-state index is 0.0678. The summed E-state index contributed by atoms with van der Waals surface area (Å²) in [6.07, 6.45) is 6.49. The molecule has 0 amide bonds. The highest BCUT2D eigenvalue weighted by molar-refractivity contribution is 6.04. The van der Waals surface area contributed by atoms with Gasteiger partial charge in [-0.3, -0.25) is 0 Å². The molecule has 1 aliphatic rings. The predicted octanol–water partition coefficient (Wildman–Crippen LogP) is 3.17. The Hall–Kier alpha value is -2.14. The van der Waals surface area contributed by atoms with Crippen LogP contribution in [0.1, 0.15) is 41.4 Å². The Labute approximate surface area is 123 Å². The van der Waals surface area contributed by atoms with Gasteiger partial charge in [0.2, 0.25) is 0 Å². The van der Waals surface area contributed by atoms with Crippen LogP contribution in [0, 0.1) is 0 Å². The Bertz CT molecular complexity index is 684. The summed E-state index contributed by atoms with van der Waals surface area (Å²) >= 11 is 0. The SMILES string of the molecule is C=Cc1cc(C(=O)OC)c2cnn(C3CCCCO3)c2c1. The molecular formula is C16H18N2O3. The Morgan fingerprint density at radius 3 is 3.05 bits per heavy atom. The highest BCUT2D eigenvalue weighted by Gasteiger charge is 2.21. The standard InChI is InChI=1S/C16H18N2O3/c1-3-11-8-12(16(19)20-2)13-10-17-18(14(13)9-11)15-6-4-5-7-21-15/h3,8-10,15H,1,4-7H2,2H3. The van der Waals surface area contributed by atoms with Gasteiger partial charge in [-0.15, -0.1) is 0 Å². The van der Waals surface area contributed by atoms with E-state index in [4.69, 9.17) is 9.47 Å². The zero-order valence-electron chi connectivity index (χ0n) is 12.0. The summed E-state index contributed by atoms with van der Waals surface area (Å²) in [5, 5.41) is 5.20. The maximum Gasteiger partial charge on any atom is 0.338 e. The number of carbonyl (C=O) groups is 1. The summed E-state index contributed by atoms with van der Waals surface area (Å²) in [5.74, 6) is -0.368. The van der Waals surface area contributed by atoms with Gasteiger partial charge in [0.1, 0.15) is 0 Å². The van der Waals surface area contributed by atoms with Crippen molar-refractivity contribution < 1.29 is 14.3 Å². The van der Waals surface area contributed by atoms with Gasteiger partial charge < -0.3 is 9.47 Å². The number of benzene rings is 1. The molecule has 110 valence electrons. The first kappa shape index (κ1) is 13.8. The lowest BCUT2D eigenvalue weighted by Crippen LogP contribution is -2.19. The van der Waals surface area contributed by atoms with Crippen LogP contribution in [0.15, 0.2) is 24.9 Å². The van der Waals surface area contributed by atoms with E-state index in [0.717, 1.165) is 42.3 Å². The fourth-order valence-corrected chi connectivity index (χ4v) is 2.71. The summed E-state index contributed by atoms with van der Waals surface area (Å²) in [6.45, 7) is 4.52. The zero-order valence-corrected chi connectivity index (χ0v) is 12.0. The molecule has 21 heavy (non-hydrogen) atoms. The molecule has 1 atom stereocenters. The number of ether oxygens (including phenoxy) is 2. The molecule has 2 aromatic rings. The van der Waals surface area contributed by atoms with Crippen molar-refractivity contribution in [3.05, 3.63) is 36.0 Å². The molecule has 0 bridgehead atoms. The van der Waals surface area contributed by atoms with Gasteiger partial charge in [0.05, 0.1) is 24.4 Å². The zero-order chi connectivity index (χ0) is 14.8. The highest BCUT2D eigenvalue weighted by atomic mass is 16.5. The van der Waals surface area contributed by atoms with E-state index >= 15 is 0 Å². The minimum Gasteiger partial charge on any atom is -0.465 e. The largest absolute Gasteiger partial charge is 0.465 e. The van der Waals surface area contributed by atoms with E-state index < -0.39 is 0 Å². The average molecular weight is 286 g/mol. The number of aromatic nitrogens is 2. The molecule has 3 rings (SSSR count). The van der Waals surface area contributed by atoms with Crippen molar-refractivity contribution in [3.8, 4) is 0 Å². The molecule has 1 fully saturated rings. The van der Waals surface area contributed by atoms with Crippen molar-refractivity contribution in [2.24, 2.45) is 0 Å². The van der Waals surface area contributed by atoms with Crippen molar-refractivity contribution >= 4 is 22.9 Å². The Morgan fingerprint density at radius 2 is 2.38 bits per heavy atom. The normalized spacial score (nSPS) is 18.6. The van der Waals surface area contributed by atoms with Gasteiger partial charge in [-0.1, -0.05) is 12.7 Å². The van der Waals surface area contributed by atoms with E-state index in [9.17, 15) is 4.79 Å². The monoisotopic (exact) mass is 286 g/mol. The lowest BCUT2D eigenvalue weighted by atomic mass is 10.1. The maximum absolute atomic E-state index is 12.0. The first-order valence-electron chi connectivity index (χ1n) is 7.08. The van der Waals surface area contributed by atoms with E-state index in [0.29, 0.717) is 5.56 Å². The number of hydrogen-bond donors (Lipinski definition) is 0. The number of rotatable bonds is 3. The highest BCUT2D eigenvalue weighted by Crippen LogP contribution is 2.29. The van der Waals surface area contributed by atoms with Crippen LogP contribution in [-0.4, -0.2) is 29.5 Å². The predicted molar refractivity (Wildman–Crippen MR) is 80.0 cm³/mol. The Kier molecular flexibility index (Phi) is 3.75. The van der Waals surface area contributed by atoms with Crippen molar-refractivity contribution in [3.63, 3.8) is 0 Å². The smallest absolute Gasteiger partial charge is 0.338 e. The molecule has 1 unspecified atom stereocenters. The second kappa shape index (κ2) is 5.69. The molecule has 0 spiro atoms. The minimum atomic E-state index is -0.368. The van der Waals surface area contributed by atoms with E-state index in [-0.39, 0.29) is 12.2 Å². The molecule has 2 heterocycles. The van der Waals surface area contributed by atoms with E-state index in [1.165, 1.54) is 7.11 Å². The molecule has 1 aromatic carbocycles. The van der Waals surface area contributed by atoms with Crippen LogP contribution < -0.4 is 0 Å². The number of esters is 1. The number of fused-ring (bicyclic) bond motifs is 1. The lowest BCUT2D eigenvalue weighted by molar-refractivity contribution is -0.0366. The first-order valence-corrected chi connectivity index (χ1v) is 7.08. The van der Waals surface area contributed by atoms with E-state index in [1.54, 1.807) is 18.3 Å². The molecule has 5 heteroatoms. The van der Waals surface area contributed by atoms with Crippen LogP contribution in [0.3, 0.4) is 0 Å². The number of methoxy groups -OCH3 is 1. The summed E-state index contributed by atoms with van der Waals surface area (Å²) in [4.78, 5) is 12.0. The van der Waals surface area contributed by atoms with Gasteiger partial charge in [-0.25, -0.2) is 9.48 Å². The molecule has 1 aromatic heterocycles. The van der Waals surface area contributed by atoms with Gasteiger partial charge in [0.15, 0.2) is 6.23 Å². The number of hydrogen-bond acceptors (Lipinski definition) is 4. The molecule has 5 nitrogen and oxygen atoms in total. The second-order valence-corrected chi connectivity index (χ2v) is 5.11. The lowest BCUT2D eigenvalue weighted by Gasteiger charge is -2.23. The van der Waals surface area contributed by atoms with E-state index in [2.05, 4.69) is 11.7 Å². The molecule has 1 saturated heterocycles. The summed E-state index contributed by atoms with van der Waals surface area (Å²) in [5.41, 5.74) is 2.24. The van der Waals surface area contributed by atoms with Crippen LogP contribution in [0.5, 0.6) is 0 Å². The third-order valence-corrected chi connectivity index (χ3v) is 3.81. The van der Waals surface area contributed by atoms with Gasteiger partial charge >= 0.3 is 5.97 Å². The topological polar surface area (TPSA) is 53.3 Å². The van der Waals surface area contributed by atoms with Crippen molar-refractivity contribution in [1.29, 1.82) is 0 Å². The number of carbonyl (C=O) groups excluding carboxylic acids is 1. The summed E-state index contributed by atoms with van der Waals surface area (Å²) in [6, 6.07) is 3.74. The van der Waals surface area contributed by atoms with E-state index in [1.807, 2.05) is 10.7 Å². The van der Waals surface area contributed by atoms with Gasteiger partial charge in [0, 0.05) is 12.0 Å². The Balaban J connectivity index is 2.15. The van der Waals surface area contributed by atoms with Gasteiger partial charge in [-0.2, -0.15) is 5.10 Å². The quantitative estimate of drug-likeness (QED) is 0.813. The van der Waals surface area contributed by atoms with Crippen molar-refractivity contribution in [1.82, 2.24) is 9.78 Å². The fraction of sp³-hybridized carbons (Fsp3) is 0.375. The molecule has 0 N–H and O–H groups in total. The van der Waals surface area contributed by atoms with Crippen molar-refractivity contribution in [2.75, 3.05) is 13.7 Å². The molecule has 0 saturated carbocycles.